The monoisotopic (exact) mass is 464 g/mol. The lowest BCUT2D eigenvalue weighted by atomic mass is 9.48. The van der Waals surface area contributed by atoms with Crippen LogP contribution in [0.25, 0.3) is 0 Å². The van der Waals surface area contributed by atoms with Crippen LogP contribution in [0.15, 0.2) is 18.2 Å². The van der Waals surface area contributed by atoms with Gasteiger partial charge in [0.05, 0.1) is 10.7 Å². The summed E-state index contributed by atoms with van der Waals surface area (Å²) < 4.78 is 0.268. The first-order valence-electron chi connectivity index (χ1n) is 10.4. The average Bonchev–Trinajstić information content (AvgIpc) is 2.97. The van der Waals surface area contributed by atoms with Gasteiger partial charge in [0.2, 0.25) is 11.8 Å². The lowest BCUT2D eigenvalue weighted by molar-refractivity contribution is -0.123. The molecular formula is C22H26BrClN2O2. The Morgan fingerprint density at radius 2 is 2.00 bits per heavy atom. The molecule has 150 valence electrons. The molecule has 4 aliphatic carbocycles. The second kappa shape index (κ2) is 6.73. The van der Waals surface area contributed by atoms with E-state index in [4.69, 9.17) is 11.6 Å². The second-order valence-electron chi connectivity index (χ2n) is 9.65. The van der Waals surface area contributed by atoms with Crippen LogP contribution >= 0.6 is 27.5 Å². The molecule has 0 spiro atoms. The Bertz CT molecular complexity index is 828. The van der Waals surface area contributed by atoms with E-state index >= 15 is 0 Å². The van der Waals surface area contributed by atoms with E-state index < -0.39 is 0 Å². The molecule has 0 radical (unpaired) electrons. The Hall–Kier alpha value is -1.07. The van der Waals surface area contributed by atoms with Crippen LogP contribution in [-0.2, 0) is 9.59 Å². The lowest BCUT2D eigenvalue weighted by Gasteiger charge is -2.60. The molecule has 5 fully saturated rings. The number of hydrogen-bond donors (Lipinski definition) is 1. The smallest absolute Gasteiger partial charge is 0.227 e. The standard InChI is InChI=1S/C22H26BrClN2O2/c23-22-10-14-6-15(11-22)9-21(8-14,13-22)12-19(27)25-16-3-4-18(17(24)7-16)26-5-1-2-20(26)28/h3-4,7,14-15H,1-2,5-6,8-13H2,(H,25,27). The van der Waals surface area contributed by atoms with Crippen molar-refractivity contribution in [3.05, 3.63) is 23.2 Å². The van der Waals surface area contributed by atoms with Gasteiger partial charge in [0.1, 0.15) is 0 Å². The zero-order valence-corrected chi connectivity index (χ0v) is 18.3. The Balaban J connectivity index is 1.27. The summed E-state index contributed by atoms with van der Waals surface area (Å²) in [6.45, 7) is 0.712. The van der Waals surface area contributed by atoms with E-state index in [-0.39, 0.29) is 21.6 Å². The summed E-state index contributed by atoms with van der Waals surface area (Å²) in [5.41, 5.74) is 1.61. The van der Waals surface area contributed by atoms with Gasteiger partial charge in [-0.3, -0.25) is 9.59 Å². The van der Waals surface area contributed by atoms with Crippen molar-refractivity contribution in [1.82, 2.24) is 0 Å². The topological polar surface area (TPSA) is 49.4 Å². The third kappa shape index (κ3) is 3.39. The number of anilines is 2. The van der Waals surface area contributed by atoms with Crippen LogP contribution in [-0.4, -0.2) is 22.7 Å². The van der Waals surface area contributed by atoms with Crippen LogP contribution < -0.4 is 10.2 Å². The van der Waals surface area contributed by atoms with E-state index in [0.29, 0.717) is 30.1 Å². The third-order valence-electron chi connectivity index (χ3n) is 7.24. The highest BCUT2D eigenvalue weighted by Crippen LogP contribution is 2.65. The molecule has 28 heavy (non-hydrogen) atoms. The van der Waals surface area contributed by atoms with Crippen molar-refractivity contribution in [3.8, 4) is 0 Å². The highest BCUT2D eigenvalue weighted by molar-refractivity contribution is 9.10. The van der Waals surface area contributed by atoms with Crippen molar-refractivity contribution in [2.24, 2.45) is 17.3 Å². The van der Waals surface area contributed by atoms with Crippen LogP contribution in [0.4, 0.5) is 11.4 Å². The summed E-state index contributed by atoms with van der Waals surface area (Å²) in [6.07, 6.45) is 9.46. The van der Waals surface area contributed by atoms with Gasteiger partial charge in [0.15, 0.2) is 0 Å². The summed E-state index contributed by atoms with van der Waals surface area (Å²) in [5.74, 6) is 1.75. The van der Waals surface area contributed by atoms with Crippen molar-refractivity contribution < 1.29 is 9.59 Å². The molecule has 0 aromatic heterocycles. The number of carbonyl (C=O) groups excluding carboxylic acids is 2. The maximum Gasteiger partial charge on any atom is 0.227 e. The van der Waals surface area contributed by atoms with Gasteiger partial charge in [-0.2, -0.15) is 0 Å². The largest absolute Gasteiger partial charge is 0.326 e. The number of amides is 2. The van der Waals surface area contributed by atoms with Gasteiger partial charge in [-0.05, 0) is 80.4 Å². The number of benzene rings is 1. The molecule has 6 heteroatoms. The van der Waals surface area contributed by atoms with Crippen molar-refractivity contribution in [2.45, 2.75) is 62.1 Å². The minimum Gasteiger partial charge on any atom is -0.326 e. The van der Waals surface area contributed by atoms with Gasteiger partial charge in [0, 0.05) is 29.4 Å². The van der Waals surface area contributed by atoms with Gasteiger partial charge in [0.25, 0.3) is 0 Å². The van der Waals surface area contributed by atoms with E-state index in [9.17, 15) is 9.59 Å². The molecule has 5 aliphatic rings. The number of alkyl halides is 1. The molecule has 1 aliphatic heterocycles. The lowest BCUT2D eigenvalue weighted by Crippen LogP contribution is -2.53. The van der Waals surface area contributed by atoms with Crippen LogP contribution in [0.5, 0.6) is 0 Å². The molecule has 1 saturated heterocycles. The number of hydrogen-bond acceptors (Lipinski definition) is 2. The molecule has 1 N–H and O–H groups in total. The molecular weight excluding hydrogens is 440 g/mol. The maximum atomic E-state index is 12.9. The zero-order valence-electron chi connectivity index (χ0n) is 16.0. The van der Waals surface area contributed by atoms with Gasteiger partial charge >= 0.3 is 0 Å². The number of carbonyl (C=O) groups is 2. The Labute approximate surface area is 179 Å². The van der Waals surface area contributed by atoms with E-state index in [1.807, 2.05) is 12.1 Å². The quantitative estimate of drug-likeness (QED) is 0.594. The summed E-state index contributed by atoms with van der Waals surface area (Å²) in [5, 5.41) is 3.57. The van der Waals surface area contributed by atoms with Gasteiger partial charge in [-0.1, -0.05) is 27.5 Å². The van der Waals surface area contributed by atoms with Crippen molar-refractivity contribution in [1.29, 1.82) is 0 Å². The third-order valence-corrected chi connectivity index (χ3v) is 8.47. The van der Waals surface area contributed by atoms with Crippen molar-refractivity contribution >= 4 is 50.7 Å². The van der Waals surface area contributed by atoms with Crippen LogP contribution in [0.1, 0.15) is 57.8 Å². The van der Waals surface area contributed by atoms with Gasteiger partial charge < -0.3 is 10.2 Å². The molecule has 2 atom stereocenters. The number of nitrogens with one attached hydrogen (secondary N) is 1. The van der Waals surface area contributed by atoms with Crippen molar-refractivity contribution in [2.75, 3.05) is 16.8 Å². The van der Waals surface area contributed by atoms with Gasteiger partial charge in [-0.15, -0.1) is 0 Å². The number of rotatable bonds is 4. The summed E-state index contributed by atoms with van der Waals surface area (Å²) in [7, 11) is 0. The van der Waals surface area contributed by atoms with E-state index in [1.54, 1.807) is 11.0 Å². The predicted octanol–water partition coefficient (Wildman–Crippen LogP) is 5.53. The SMILES string of the molecule is O=C(CC12CC3CC(CC(Br)(C3)C1)C2)Nc1ccc(N2CCCC2=O)c(Cl)c1. The fraction of sp³-hybridized carbons (Fsp3) is 0.636. The molecule has 2 unspecified atom stereocenters. The number of halogens is 2. The molecule has 2 amide bonds. The molecule has 6 rings (SSSR count). The normalized spacial score (nSPS) is 36.2. The minimum absolute atomic E-state index is 0.0825. The first-order valence-corrected chi connectivity index (χ1v) is 11.6. The molecule has 4 bridgehead atoms. The molecule has 1 aromatic rings. The predicted molar refractivity (Wildman–Crippen MR) is 115 cm³/mol. The highest BCUT2D eigenvalue weighted by atomic mass is 79.9. The van der Waals surface area contributed by atoms with Gasteiger partial charge in [-0.25, -0.2) is 0 Å². The van der Waals surface area contributed by atoms with Crippen molar-refractivity contribution in [3.63, 3.8) is 0 Å². The molecule has 4 nitrogen and oxygen atoms in total. The van der Waals surface area contributed by atoms with E-state index in [0.717, 1.165) is 30.4 Å². The first-order chi connectivity index (χ1) is 13.3. The van der Waals surface area contributed by atoms with Crippen LogP contribution in [0.3, 0.4) is 0 Å². The van der Waals surface area contributed by atoms with E-state index in [2.05, 4.69) is 21.2 Å². The summed E-state index contributed by atoms with van der Waals surface area (Å²) >= 11 is 10.4. The fourth-order valence-corrected chi connectivity index (χ4v) is 8.59. The second-order valence-corrected chi connectivity index (χ2v) is 11.7. The van der Waals surface area contributed by atoms with Crippen LogP contribution in [0, 0.1) is 17.3 Å². The fourth-order valence-electron chi connectivity index (χ4n) is 6.79. The maximum absolute atomic E-state index is 12.9. The Morgan fingerprint density at radius 1 is 1.25 bits per heavy atom. The molecule has 4 saturated carbocycles. The minimum atomic E-state index is 0.0825. The zero-order chi connectivity index (χ0) is 19.5. The Kier molecular flexibility index (Phi) is 4.55. The molecule has 1 heterocycles. The first kappa shape index (κ1) is 18.9. The summed E-state index contributed by atoms with van der Waals surface area (Å²) in [6, 6.07) is 5.47. The highest BCUT2D eigenvalue weighted by Gasteiger charge is 2.57. The van der Waals surface area contributed by atoms with Crippen LogP contribution in [0.2, 0.25) is 5.02 Å². The molecule has 1 aromatic carbocycles. The average molecular weight is 466 g/mol. The summed E-state index contributed by atoms with van der Waals surface area (Å²) in [4.78, 5) is 26.6. The number of nitrogens with zero attached hydrogens (tertiary/aromatic N) is 1. The van der Waals surface area contributed by atoms with E-state index in [1.165, 1.54) is 32.1 Å². The Morgan fingerprint density at radius 3 is 2.61 bits per heavy atom.